The molecule has 3 unspecified atom stereocenters. The van der Waals surface area contributed by atoms with Crippen LogP contribution in [0.3, 0.4) is 0 Å². The van der Waals surface area contributed by atoms with Gasteiger partial charge in [-0.15, -0.1) is 12.4 Å². The van der Waals surface area contributed by atoms with Crippen molar-refractivity contribution < 1.29 is 9.53 Å². The number of amides is 1. The van der Waals surface area contributed by atoms with E-state index in [0.717, 1.165) is 38.1 Å². The largest absolute Gasteiger partial charge is 0.371 e. The van der Waals surface area contributed by atoms with Crippen LogP contribution in [0.1, 0.15) is 37.4 Å². The van der Waals surface area contributed by atoms with Crippen LogP contribution >= 0.6 is 12.4 Å². The molecule has 3 rings (SSSR count). The van der Waals surface area contributed by atoms with Gasteiger partial charge in [-0.05, 0) is 43.8 Å². The molecule has 0 spiro atoms. The minimum absolute atomic E-state index is 0. The summed E-state index contributed by atoms with van der Waals surface area (Å²) in [6, 6.07) is 10.3. The summed E-state index contributed by atoms with van der Waals surface area (Å²) in [7, 11) is 0. The van der Waals surface area contributed by atoms with E-state index in [4.69, 9.17) is 4.74 Å². The van der Waals surface area contributed by atoms with Gasteiger partial charge in [0, 0.05) is 13.0 Å². The van der Waals surface area contributed by atoms with Crippen LogP contribution in [0, 0.1) is 5.92 Å². The molecular weight excluding hydrogens is 300 g/mol. The van der Waals surface area contributed by atoms with E-state index in [-0.39, 0.29) is 30.5 Å². The molecule has 4 nitrogen and oxygen atoms in total. The average Bonchev–Trinajstić information content (AvgIpc) is 3.17. The molecule has 1 aromatic carbocycles. The normalized spacial score (nSPS) is 27.4. The van der Waals surface area contributed by atoms with E-state index in [9.17, 15) is 4.79 Å². The fraction of sp³-hybridized carbons (Fsp3) is 0.588. The molecule has 1 amide bonds. The van der Waals surface area contributed by atoms with Gasteiger partial charge in [0.1, 0.15) is 6.10 Å². The second-order valence-corrected chi connectivity index (χ2v) is 6.06. The van der Waals surface area contributed by atoms with Crippen molar-refractivity contribution >= 4 is 18.3 Å². The third kappa shape index (κ3) is 4.45. The van der Waals surface area contributed by atoms with Crippen LogP contribution in [-0.2, 0) is 9.53 Å². The monoisotopic (exact) mass is 324 g/mol. The molecule has 5 heteroatoms. The van der Waals surface area contributed by atoms with Gasteiger partial charge in [-0.2, -0.15) is 0 Å². The maximum Gasteiger partial charge on any atom is 0.220 e. The van der Waals surface area contributed by atoms with E-state index in [1.807, 2.05) is 18.2 Å². The van der Waals surface area contributed by atoms with Crippen LogP contribution in [0.2, 0.25) is 0 Å². The fourth-order valence-electron chi connectivity index (χ4n) is 3.28. The molecule has 0 saturated carbocycles. The Balaban J connectivity index is 0.00000176. The van der Waals surface area contributed by atoms with Crippen molar-refractivity contribution in [2.24, 2.45) is 5.92 Å². The Hall–Kier alpha value is -1.10. The van der Waals surface area contributed by atoms with E-state index in [0.29, 0.717) is 12.3 Å². The van der Waals surface area contributed by atoms with Crippen molar-refractivity contribution in [3.8, 4) is 0 Å². The summed E-state index contributed by atoms with van der Waals surface area (Å²) in [6.07, 6.45) is 3.72. The summed E-state index contributed by atoms with van der Waals surface area (Å²) in [5, 5.41) is 6.51. The third-order valence-corrected chi connectivity index (χ3v) is 4.51. The quantitative estimate of drug-likeness (QED) is 0.874. The zero-order valence-electron chi connectivity index (χ0n) is 12.8. The van der Waals surface area contributed by atoms with E-state index in [2.05, 4.69) is 22.8 Å². The van der Waals surface area contributed by atoms with Crippen molar-refractivity contribution in [2.45, 2.75) is 37.8 Å². The number of halogens is 1. The molecule has 0 radical (unpaired) electrons. The van der Waals surface area contributed by atoms with E-state index < -0.39 is 0 Å². The summed E-state index contributed by atoms with van der Waals surface area (Å²) in [6.45, 7) is 2.88. The maximum absolute atomic E-state index is 12.1. The van der Waals surface area contributed by atoms with Crippen molar-refractivity contribution in [1.29, 1.82) is 0 Å². The van der Waals surface area contributed by atoms with E-state index in [1.54, 1.807) is 0 Å². The fourth-order valence-corrected chi connectivity index (χ4v) is 3.28. The number of hydrogen-bond donors (Lipinski definition) is 2. The van der Waals surface area contributed by atoms with E-state index in [1.165, 1.54) is 6.42 Å². The molecule has 1 aromatic rings. The summed E-state index contributed by atoms with van der Waals surface area (Å²) < 4.78 is 5.81. The first-order valence-corrected chi connectivity index (χ1v) is 7.99. The van der Waals surface area contributed by atoms with Crippen molar-refractivity contribution in [3.05, 3.63) is 35.9 Å². The molecule has 2 aliphatic heterocycles. The Morgan fingerprint density at radius 3 is 2.82 bits per heavy atom. The molecule has 0 bridgehead atoms. The first-order valence-electron chi connectivity index (χ1n) is 7.99. The summed E-state index contributed by atoms with van der Waals surface area (Å²) in [4.78, 5) is 12.1. The third-order valence-electron chi connectivity index (χ3n) is 4.51. The molecule has 2 saturated heterocycles. The summed E-state index contributed by atoms with van der Waals surface area (Å²) >= 11 is 0. The number of ether oxygens (including phenoxy) is 1. The average molecular weight is 325 g/mol. The Morgan fingerprint density at radius 2 is 2.09 bits per heavy atom. The smallest absolute Gasteiger partial charge is 0.220 e. The highest BCUT2D eigenvalue weighted by Crippen LogP contribution is 2.29. The number of rotatable bonds is 5. The zero-order valence-corrected chi connectivity index (χ0v) is 13.6. The van der Waals surface area contributed by atoms with Gasteiger partial charge < -0.3 is 15.4 Å². The van der Waals surface area contributed by atoms with Crippen LogP contribution in [0.5, 0.6) is 0 Å². The standard InChI is InChI=1S/C17H24N2O2.ClH/c20-16(7-6-13-8-10-18-12-13)19-15-9-11-21-17(15)14-4-2-1-3-5-14;/h1-5,13,15,17-18H,6-12H2,(H,19,20);1H. The van der Waals surface area contributed by atoms with Crippen LogP contribution in [0.15, 0.2) is 30.3 Å². The highest BCUT2D eigenvalue weighted by molar-refractivity contribution is 5.85. The molecule has 2 fully saturated rings. The van der Waals surface area contributed by atoms with Crippen LogP contribution < -0.4 is 10.6 Å². The van der Waals surface area contributed by atoms with Crippen molar-refractivity contribution in [3.63, 3.8) is 0 Å². The van der Waals surface area contributed by atoms with Gasteiger partial charge in [0.15, 0.2) is 0 Å². The van der Waals surface area contributed by atoms with Gasteiger partial charge in [-0.3, -0.25) is 4.79 Å². The van der Waals surface area contributed by atoms with Crippen LogP contribution in [0.4, 0.5) is 0 Å². The SMILES string of the molecule is Cl.O=C(CCC1CCNC1)NC1CCOC1c1ccccc1. The molecule has 0 aromatic heterocycles. The maximum atomic E-state index is 12.1. The topological polar surface area (TPSA) is 50.4 Å². The Labute approximate surface area is 138 Å². The number of benzene rings is 1. The van der Waals surface area contributed by atoms with Crippen LogP contribution in [0.25, 0.3) is 0 Å². The number of nitrogens with one attached hydrogen (secondary N) is 2. The van der Waals surface area contributed by atoms with Gasteiger partial charge in [-0.25, -0.2) is 0 Å². The Bertz CT molecular complexity index is 463. The van der Waals surface area contributed by atoms with Crippen molar-refractivity contribution in [2.75, 3.05) is 19.7 Å². The Morgan fingerprint density at radius 1 is 1.27 bits per heavy atom. The van der Waals surface area contributed by atoms with Gasteiger partial charge in [0.05, 0.1) is 6.04 Å². The predicted octanol–water partition coefficient (Wildman–Crippen LogP) is 2.44. The highest BCUT2D eigenvalue weighted by Gasteiger charge is 2.30. The molecule has 22 heavy (non-hydrogen) atoms. The molecule has 2 heterocycles. The van der Waals surface area contributed by atoms with Gasteiger partial charge in [0.2, 0.25) is 5.91 Å². The second-order valence-electron chi connectivity index (χ2n) is 6.06. The van der Waals surface area contributed by atoms with Crippen LogP contribution in [-0.4, -0.2) is 31.6 Å². The molecule has 122 valence electrons. The number of carbonyl (C=O) groups excluding carboxylic acids is 1. The number of carbonyl (C=O) groups is 1. The lowest BCUT2D eigenvalue weighted by Gasteiger charge is -2.20. The van der Waals surface area contributed by atoms with Gasteiger partial charge >= 0.3 is 0 Å². The number of hydrogen-bond acceptors (Lipinski definition) is 3. The molecule has 3 atom stereocenters. The predicted molar refractivity (Wildman–Crippen MR) is 89.1 cm³/mol. The lowest BCUT2D eigenvalue weighted by Crippen LogP contribution is -2.36. The first-order chi connectivity index (χ1) is 10.3. The zero-order chi connectivity index (χ0) is 14.5. The lowest BCUT2D eigenvalue weighted by molar-refractivity contribution is -0.122. The second kappa shape index (κ2) is 8.51. The minimum atomic E-state index is 0. The lowest BCUT2D eigenvalue weighted by atomic mass is 10.0. The molecule has 2 N–H and O–H groups in total. The first kappa shape index (κ1) is 17.3. The van der Waals surface area contributed by atoms with Gasteiger partial charge in [-0.1, -0.05) is 30.3 Å². The van der Waals surface area contributed by atoms with Crippen molar-refractivity contribution in [1.82, 2.24) is 10.6 Å². The molecule has 0 aliphatic carbocycles. The van der Waals surface area contributed by atoms with Gasteiger partial charge in [0.25, 0.3) is 0 Å². The minimum Gasteiger partial charge on any atom is -0.371 e. The highest BCUT2D eigenvalue weighted by atomic mass is 35.5. The molecule has 2 aliphatic rings. The van der Waals surface area contributed by atoms with E-state index >= 15 is 0 Å². The summed E-state index contributed by atoms with van der Waals surface area (Å²) in [5.74, 6) is 0.832. The summed E-state index contributed by atoms with van der Waals surface area (Å²) in [5.41, 5.74) is 1.15. The Kier molecular flexibility index (Phi) is 6.68. The molecular formula is C17H25ClN2O2.